The van der Waals surface area contributed by atoms with Crippen LogP contribution in [0.25, 0.3) is 21.1 Å². The van der Waals surface area contributed by atoms with Crippen LogP contribution in [0.5, 0.6) is 0 Å². The first-order valence-electron chi connectivity index (χ1n) is 8.92. The summed E-state index contributed by atoms with van der Waals surface area (Å²) in [5.74, 6) is 4.88. The molecule has 7 nitrogen and oxygen atoms in total. The van der Waals surface area contributed by atoms with Gasteiger partial charge in [0.1, 0.15) is 10.8 Å². The van der Waals surface area contributed by atoms with E-state index in [2.05, 4.69) is 20.2 Å². The summed E-state index contributed by atoms with van der Waals surface area (Å²) in [7, 11) is 0. The number of nitrogens with zero attached hydrogens (tertiary/aromatic N) is 5. The topological polar surface area (TPSA) is 107 Å². The normalized spacial score (nSPS) is 11.1. The van der Waals surface area contributed by atoms with Gasteiger partial charge in [0.15, 0.2) is 0 Å². The molecular formula is C19H17FN7S3-. The summed E-state index contributed by atoms with van der Waals surface area (Å²) in [6.07, 6.45) is 3.21. The molecule has 0 unspecified atom stereocenters. The third kappa shape index (κ3) is 4.29. The van der Waals surface area contributed by atoms with Gasteiger partial charge in [0.25, 0.3) is 0 Å². The van der Waals surface area contributed by atoms with E-state index in [1.54, 1.807) is 23.6 Å². The molecule has 0 bridgehead atoms. The van der Waals surface area contributed by atoms with Crippen molar-refractivity contribution in [2.75, 3.05) is 10.1 Å². The molecule has 4 aromatic rings. The first-order chi connectivity index (χ1) is 14.4. The van der Waals surface area contributed by atoms with Crippen LogP contribution < -0.4 is 16.0 Å². The van der Waals surface area contributed by atoms with Crippen LogP contribution in [0.15, 0.2) is 35.8 Å². The Morgan fingerprint density at radius 1 is 1.23 bits per heavy atom. The third-order valence-corrected chi connectivity index (χ3v) is 6.67. The van der Waals surface area contributed by atoms with Crippen molar-refractivity contribution in [3.8, 4) is 21.1 Å². The van der Waals surface area contributed by atoms with Crippen LogP contribution in [0.2, 0.25) is 0 Å². The summed E-state index contributed by atoms with van der Waals surface area (Å²) < 4.78 is 15.1. The maximum absolute atomic E-state index is 14.4. The molecular weight excluding hydrogens is 441 g/mol. The molecule has 0 radical (unpaired) electrons. The number of nitrogens with two attached hydrogens (primary N) is 2. The highest BCUT2D eigenvalue weighted by Gasteiger charge is 2.16. The van der Waals surface area contributed by atoms with Crippen molar-refractivity contribution in [1.29, 1.82) is 0 Å². The summed E-state index contributed by atoms with van der Waals surface area (Å²) in [6.45, 7) is 1.96. The van der Waals surface area contributed by atoms with E-state index in [1.807, 2.05) is 24.4 Å². The second-order valence-electron chi connectivity index (χ2n) is 6.50. The van der Waals surface area contributed by atoms with Gasteiger partial charge in [-0.05, 0) is 37.6 Å². The molecule has 3 heterocycles. The predicted molar refractivity (Wildman–Crippen MR) is 121 cm³/mol. The molecule has 154 valence electrons. The van der Waals surface area contributed by atoms with Crippen molar-refractivity contribution in [2.45, 2.75) is 19.8 Å². The maximum Gasteiger partial charge on any atom is 0.148 e. The summed E-state index contributed by atoms with van der Waals surface area (Å²) in [6, 6.07) is 6.79. The monoisotopic (exact) mass is 458 g/mol. The molecule has 4 rings (SSSR count). The zero-order valence-corrected chi connectivity index (χ0v) is 18.3. The van der Waals surface area contributed by atoms with E-state index in [4.69, 9.17) is 24.4 Å². The van der Waals surface area contributed by atoms with E-state index in [1.165, 1.54) is 17.4 Å². The fraction of sp³-hybridized carbons (Fsp3) is 0.158. The lowest BCUT2D eigenvalue weighted by molar-refractivity contribution is 0.629. The number of halogens is 1. The molecule has 0 aliphatic heterocycles. The Hall–Kier alpha value is -2.60. The van der Waals surface area contributed by atoms with Gasteiger partial charge in [-0.2, -0.15) is 10.2 Å². The van der Waals surface area contributed by atoms with E-state index in [0.29, 0.717) is 10.6 Å². The molecule has 0 saturated carbocycles. The van der Waals surface area contributed by atoms with Crippen molar-refractivity contribution in [2.24, 2.45) is 5.84 Å². The zero-order chi connectivity index (χ0) is 21.3. The van der Waals surface area contributed by atoms with E-state index in [0.717, 1.165) is 44.2 Å². The van der Waals surface area contributed by atoms with Gasteiger partial charge in [-0.15, -0.1) is 22.7 Å². The minimum absolute atomic E-state index is 0.0171. The molecule has 1 aromatic carbocycles. The quantitative estimate of drug-likeness (QED) is 0.195. The molecule has 0 aliphatic carbocycles. The lowest BCUT2D eigenvalue weighted by atomic mass is 10.1. The fourth-order valence-corrected chi connectivity index (χ4v) is 5.08. The number of anilines is 2. The summed E-state index contributed by atoms with van der Waals surface area (Å²) in [5.41, 5.74) is 9.30. The van der Waals surface area contributed by atoms with Gasteiger partial charge in [-0.1, -0.05) is 0 Å². The van der Waals surface area contributed by atoms with Crippen LogP contribution in [0, 0.1) is 12.7 Å². The number of aryl methyl sites for hydroxylation is 3. The first-order valence-corrected chi connectivity index (χ1v) is 11.0. The summed E-state index contributed by atoms with van der Waals surface area (Å²) >= 11 is 7.80. The molecule has 4 N–H and O–H groups in total. The van der Waals surface area contributed by atoms with Crippen LogP contribution in [0.1, 0.15) is 16.4 Å². The van der Waals surface area contributed by atoms with Crippen molar-refractivity contribution in [1.82, 2.24) is 20.2 Å². The number of nitrogen functional groups attached to an aromatic ring is 1. The number of thiazole rings is 2. The molecule has 0 atom stereocenters. The summed E-state index contributed by atoms with van der Waals surface area (Å²) in [4.78, 5) is 10.3. The van der Waals surface area contributed by atoms with Gasteiger partial charge >= 0.3 is 0 Å². The average molecular weight is 459 g/mol. The Kier molecular flexibility index (Phi) is 5.95. The van der Waals surface area contributed by atoms with Gasteiger partial charge in [0.05, 0.1) is 38.3 Å². The van der Waals surface area contributed by atoms with E-state index >= 15 is 0 Å². The smallest absolute Gasteiger partial charge is 0.148 e. The van der Waals surface area contributed by atoms with Gasteiger partial charge < -0.3 is 23.0 Å². The zero-order valence-electron chi connectivity index (χ0n) is 15.9. The fourth-order valence-electron chi connectivity index (χ4n) is 2.99. The molecule has 0 saturated heterocycles. The number of hydrazine groups is 1. The van der Waals surface area contributed by atoms with Gasteiger partial charge in [0.2, 0.25) is 0 Å². The van der Waals surface area contributed by atoms with Crippen molar-refractivity contribution in [3.05, 3.63) is 58.1 Å². The Morgan fingerprint density at radius 3 is 2.77 bits per heavy atom. The van der Waals surface area contributed by atoms with Crippen molar-refractivity contribution in [3.63, 3.8) is 0 Å². The standard InChI is InChI=1S/C19H17FN7S3/c1-10-18(30-16(24-10)5-4-12-3-2-6-23-26-12)15-9-29-19(25-15)11-7-13(20)17(27(22)28)14(21)8-11/h2-3,6-9H,4-5,21-22H2,1H3/q-1. The van der Waals surface area contributed by atoms with Crippen LogP contribution >= 0.6 is 22.7 Å². The van der Waals surface area contributed by atoms with Crippen molar-refractivity contribution < 1.29 is 4.39 Å². The van der Waals surface area contributed by atoms with Crippen molar-refractivity contribution >= 4 is 46.9 Å². The maximum atomic E-state index is 14.4. The molecule has 11 heteroatoms. The van der Waals surface area contributed by atoms with Crippen LogP contribution in [-0.2, 0) is 25.7 Å². The highest BCUT2D eigenvalue weighted by molar-refractivity contribution is 7.60. The Bertz CT molecular complexity index is 1150. The SMILES string of the molecule is Cc1nc(CCc2cccnn2)sc1-c1csc(-c2cc(N)c(N(N)[S-])c(F)c2)n1. The van der Waals surface area contributed by atoms with Gasteiger partial charge in [0, 0.05) is 23.6 Å². The van der Waals surface area contributed by atoms with Gasteiger partial charge in [-0.25, -0.2) is 14.4 Å². The minimum atomic E-state index is -0.584. The van der Waals surface area contributed by atoms with Crippen LogP contribution in [0.4, 0.5) is 15.8 Å². The molecule has 0 amide bonds. The number of hydrogen-bond acceptors (Lipinski definition) is 10. The largest absolute Gasteiger partial charge is 0.647 e. The van der Waals surface area contributed by atoms with E-state index in [9.17, 15) is 4.39 Å². The average Bonchev–Trinajstić information content (AvgIpc) is 3.33. The second kappa shape index (κ2) is 8.64. The molecule has 0 spiro atoms. The van der Waals surface area contributed by atoms with Crippen LogP contribution in [0.3, 0.4) is 0 Å². The van der Waals surface area contributed by atoms with Gasteiger partial charge in [-0.3, -0.25) is 5.84 Å². The molecule has 0 fully saturated rings. The summed E-state index contributed by atoms with van der Waals surface area (Å²) in [5, 5.41) is 11.6. The highest BCUT2D eigenvalue weighted by Crippen LogP contribution is 2.37. The highest BCUT2D eigenvalue weighted by atomic mass is 32.1. The first kappa shape index (κ1) is 20.7. The predicted octanol–water partition coefficient (Wildman–Crippen LogP) is 3.68. The van der Waals surface area contributed by atoms with E-state index in [-0.39, 0.29) is 11.4 Å². The Morgan fingerprint density at radius 2 is 2.07 bits per heavy atom. The molecule has 0 aliphatic rings. The Balaban J connectivity index is 1.56. The van der Waals surface area contributed by atoms with E-state index < -0.39 is 5.82 Å². The Labute approximate surface area is 186 Å². The van der Waals surface area contributed by atoms with Crippen LogP contribution in [-0.4, -0.2) is 20.2 Å². The second-order valence-corrected chi connectivity index (χ2v) is 8.83. The third-order valence-electron chi connectivity index (χ3n) is 4.36. The lowest BCUT2D eigenvalue weighted by Gasteiger charge is -2.27. The number of rotatable bonds is 6. The number of benzene rings is 1. The minimum Gasteiger partial charge on any atom is -0.647 e. The molecule has 3 aromatic heterocycles. The lowest BCUT2D eigenvalue weighted by Crippen LogP contribution is -2.25. The number of hydrogen-bond donors (Lipinski definition) is 2. The molecule has 30 heavy (non-hydrogen) atoms. The number of aromatic nitrogens is 4.